The Bertz CT molecular complexity index is 358. The lowest BCUT2D eigenvalue weighted by Gasteiger charge is -2.22. The van der Waals surface area contributed by atoms with E-state index < -0.39 is 0 Å². The van der Waals surface area contributed by atoms with Gasteiger partial charge in [0, 0.05) is 25.4 Å². The molecule has 0 spiro atoms. The van der Waals surface area contributed by atoms with Gasteiger partial charge in [-0.25, -0.2) is 0 Å². The number of hydrogen-bond acceptors (Lipinski definition) is 3. The molecule has 2 heterocycles. The minimum atomic E-state index is 0.630. The zero-order valence-electron chi connectivity index (χ0n) is 9.79. The Morgan fingerprint density at radius 1 is 1.62 bits per heavy atom. The molecule has 1 aromatic heterocycles. The quantitative estimate of drug-likeness (QED) is 0.904. The SMILES string of the molecule is Cc1nn(C)c(CNC2CCCSC2)c1Cl. The molecule has 1 atom stereocenters. The fourth-order valence-electron chi connectivity index (χ4n) is 2.01. The molecular weight excluding hydrogens is 242 g/mol. The van der Waals surface area contributed by atoms with Gasteiger partial charge in [0.05, 0.1) is 16.4 Å². The first-order chi connectivity index (χ1) is 7.68. The van der Waals surface area contributed by atoms with Gasteiger partial charge in [0.2, 0.25) is 0 Å². The van der Waals surface area contributed by atoms with Gasteiger partial charge in [0.15, 0.2) is 0 Å². The summed E-state index contributed by atoms with van der Waals surface area (Å²) in [5, 5.41) is 8.68. The molecule has 1 unspecified atom stereocenters. The summed E-state index contributed by atoms with van der Waals surface area (Å²) in [6.45, 7) is 2.77. The van der Waals surface area contributed by atoms with Crippen LogP contribution in [0.15, 0.2) is 0 Å². The van der Waals surface area contributed by atoms with Crippen molar-refractivity contribution in [1.29, 1.82) is 0 Å². The first-order valence-electron chi connectivity index (χ1n) is 5.67. The van der Waals surface area contributed by atoms with E-state index in [1.807, 2.05) is 30.4 Å². The summed E-state index contributed by atoms with van der Waals surface area (Å²) in [7, 11) is 1.95. The minimum Gasteiger partial charge on any atom is -0.308 e. The third kappa shape index (κ3) is 2.73. The molecule has 1 saturated heterocycles. The van der Waals surface area contributed by atoms with Crippen LogP contribution < -0.4 is 5.32 Å². The highest BCUT2D eigenvalue weighted by Gasteiger charge is 2.16. The number of rotatable bonds is 3. The summed E-state index contributed by atoms with van der Waals surface area (Å²) in [4.78, 5) is 0. The number of aromatic nitrogens is 2. The van der Waals surface area contributed by atoms with Gasteiger partial charge >= 0.3 is 0 Å². The number of thioether (sulfide) groups is 1. The summed E-state index contributed by atoms with van der Waals surface area (Å²) in [5.41, 5.74) is 2.01. The van der Waals surface area contributed by atoms with Crippen LogP contribution in [-0.2, 0) is 13.6 Å². The Morgan fingerprint density at radius 3 is 3.00 bits per heavy atom. The topological polar surface area (TPSA) is 29.9 Å². The molecule has 2 rings (SSSR count). The Morgan fingerprint density at radius 2 is 2.44 bits per heavy atom. The van der Waals surface area contributed by atoms with Gasteiger partial charge in [0.1, 0.15) is 0 Å². The Hall–Kier alpha value is -0.190. The lowest BCUT2D eigenvalue weighted by molar-refractivity contribution is 0.494. The van der Waals surface area contributed by atoms with E-state index in [1.54, 1.807) is 0 Å². The van der Waals surface area contributed by atoms with Crippen molar-refractivity contribution < 1.29 is 0 Å². The second-order valence-corrected chi connectivity index (χ2v) is 5.79. The first kappa shape index (κ1) is 12.3. The lowest BCUT2D eigenvalue weighted by Crippen LogP contribution is -2.33. The van der Waals surface area contributed by atoms with E-state index in [1.165, 1.54) is 24.3 Å². The Labute approximate surface area is 106 Å². The zero-order chi connectivity index (χ0) is 11.5. The fourth-order valence-corrected chi connectivity index (χ4v) is 3.35. The maximum atomic E-state index is 6.20. The average molecular weight is 260 g/mol. The highest BCUT2D eigenvalue weighted by atomic mass is 35.5. The third-order valence-corrected chi connectivity index (χ3v) is 4.69. The van der Waals surface area contributed by atoms with Crippen LogP contribution in [0.5, 0.6) is 0 Å². The molecule has 90 valence electrons. The second kappa shape index (κ2) is 5.43. The van der Waals surface area contributed by atoms with E-state index in [0.717, 1.165) is 23.0 Å². The van der Waals surface area contributed by atoms with Gasteiger partial charge in [0.25, 0.3) is 0 Å². The Kier molecular flexibility index (Phi) is 4.16. The van der Waals surface area contributed by atoms with Crippen molar-refractivity contribution in [3.05, 3.63) is 16.4 Å². The Balaban J connectivity index is 1.93. The molecule has 3 nitrogen and oxygen atoms in total. The van der Waals surface area contributed by atoms with Crippen molar-refractivity contribution in [3.63, 3.8) is 0 Å². The number of nitrogens with zero attached hydrogens (tertiary/aromatic N) is 2. The van der Waals surface area contributed by atoms with Crippen LogP contribution in [0.2, 0.25) is 5.02 Å². The van der Waals surface area contributed by atoms with Crippen LogP contribution in [0.4, 0.5) is 0 Å². The summed E-state index contributed by atoms with van der Waals surface area (Å²) in [6, 6.07) is 0.630. The molecule has 1 aromatic rings. The highest BCUT2D eigenvalue weighted by Crippen LogP contribution is 2.21. The molecular formula is C11H18ClN3S. The van der Waals surface area contributed by atoms with Crippen LogP contribution in [0, 0.1) is 6.92 Å². The minimum absolute atomic E-state index is 0.630. The predicted molar refractivity (Wildman–Crippen MR) is 70.1 cm³/mol. The van der Waals surface area contributed by atoms with Crippen LogP contribution in [0.1, 0.15) is 24.2 Å². The van der Waals surface area contributed by atoms with E-state index in [2.05, 4.69) is 10.4 Å². The molecule has 1 aliphatic rings. The molecule has 0 aromatic carbocycles. The highest BCUT2D eigenvalue weighted by molar-refractivity contribution is 7.99. The largest absolute Gasteiger partial charge is 0.308 e. The van der Waals surface area contributed by atoms with Crippen molar-refractivity contribution in [3.8, 4) is 0 Å². The predicted octanol–water partition coefficient (Wildman–Crippen LogP) is 2.37. The summed E-state index contributed by atoms with van der Waals surface area (Å²) < 4.78 is 1.88. The van der Waals surface area contributed by atoms with E-state index in [-0.39, 0.29) is 0 Å². The average Bonchev–Trinajstić information content (AvgIpc) is 2.53. The van der Waals surface area contributed by atoms with Crippen molar-refractivity contribution in [2.75, 3.05) is 11.5 Å². The van der Waals surface area contributed by atoms with E-state index >= 15 is 0 Å². The normalized spacial score (nSPS) is 21.3. The third-order valence-electron chi connectivity index (χ3n) is 2.98. The van der Waals surface area contributed by atoms with Gasteiger partial charge in [-0.1, -0.05) is 11.6 Å². The van der Waals surface area contributed by atoms with Crippen LogP contribution >= 0.6 is 23.4 Å². The standard InChI is InChI=1S/C11H18ClN3S/c1-8-11(12)10(15(2)14-8)6-13-9-4-3-5-16-7-9/h9,13H,3-7H2,1-2H3. The fraction of sp³-hybridized carbons (Fsp3) is 0.727. The molecule has 0 bridgehead atoms. The molecule has 16 heavy (non-hydrogen) atoms. The number of nitrogens with one attached hydrogen (secondary N) is 1. The maximum absolute atomic E-state index is 6.20. The van der Waals surface area contributed by atoms with Gasteiger partial charge in [-0.2, -0.15) is 16.9 Å². The molecule has 1 N–H and O–H groups in total. The van der Waals surface area contributed by atoms with Crippen molar-refractivity contribution >= 4 is 23.4 Å². The van der Waals surface area contributed by atoms with Crippen LogP contribution in [-0.4, -0.2) is 27.3 Å². The van der Waals surface area contributed by atoms with E-state index in [0.29, 0.717) is 6.04 Å². The molecule has 0 saturated carbocycles. The molecule has 0 amide bonds. The number of hydrogen-bond donors (Lipinski definition) is 1. The first-order valence-corrected chi connectivity index (χ1v) is 7.21. The van der Waals surface area contributed by atoms with Gasteiger partial charge < -0.3 is 5.32 Å². The van der Waals surface area contributed by atoms with Crippen molar-refractivity contribution in [2.45, 2.75) is 32.4 Å². The monoisotopic (exact) mass is 259 g/mol. The van der Waals surface area contributed by atoms with E-state index in [4.69, 9.17) is 11.6 Å². The van der Waals surface area contributed by atoms with Crippen LogP contribution in [0.25, 0.3) is 0 Å². The lowest BCUT2D eigenvalue weighted by atomic mass is 10.2. The summed E-state index contributed by atoms with van der Waals surface area (Å²) >= 11 is 8.24. The smallest absolute Gasteiger partial charge is 0.0860 e. The summed E-state index contributed by atoms with van der Waals surface area (Å²) in [5.74, 6) is 2.53. The second-order valence-electron chi connectivity index (χ2n) is 4.26. The maximum Gasteiger partial charge on any atom is 0.0860 e. The number of aryl methyl sites for hydroxylation is 2. The summed E-state index contributed by atoms with van der Waals surface area (Å²) in [6.07, 6.45) is 2.60. The van der Waals surface area contributed by atoms with Gasteiger partial charge in [-0.05, 0) is 25.5 Å². The van der Waals surface area contributed by atoms with Crippen molar-refractivity contribution in [2.24, 2.45) is 7.05 Å². The van der Waals surface area contributed by atoms with E-state index in [9.17, 15) is 0 Å². The van der Waals surface area contributed by atoms with Gasteiger partial charge in [-0.15, -0.1) is 0 Å². The molecule has 0 radical (unpaired) electrons. The zero-order valence-corrected chi connectivity index (χ0v) is 11.4. The molecule has 1 aliphatic heterocycles. The molecule has 0 aliphatic carbocycles. The number of halogens is 1. The van der Waals surface area contributed by atoms with Crippen molar-refractivity contribution in [1.82, 2.24) is 15.1 Å². The molecule has 1 fully saturated rings. The van der Waals surface area contributed by atoms with Crippen LogP contribution in [0.3, 0.4) is 0 Å². The van der Waals surface area contributed by atoms with Gasteiger partial charge in [-0.3, -0.25) is 4.68 Å². The molecule has 5 heteroatoms.